The maximum absolute atomic E-state index is 12.4. The molecule has 0 saturated heterocycles. The lowest BCUT2D eigenvalue weighted by Gasteiger charge is -2.46. The third kappa shape index (κ3) is 14.8. The largest absolute Gasteiger partial charge is 0.448 e. The summed E-state index contributed by atoms with van der Waals surface area (Å²) in [6, 6.07) is 0.000822. The predicted octanol–water partition coefficient (Wildman–Crippen LogP) is 2.01. The van der Waals surface area contributed by atoms with Crippen molar-refractivity contribution in [1.29, 1.82) is 0 Å². The first-order valence-electron chi connectivity index (χ1n) is 13.2. The average Bonchev–Trinajstić information content (AvgIpc) is 2.73. The normalized spacial score (nSPS) is 21.8. The van der Waals surface area contributed by atoms with E-state index in [1.54, 1.807) is 0 Å². The van der Waals surface area contributed by atoms with Gasteiger partial charge in [0.2, 0.25) is 0 Å². The molecule has 0 aliphatic heterocycles. The van der Waals surface area contributed by atoms with Crippen LogP contribution in [0.25, 0.3) is 0 Å². The van der Waals surface area contributed by atoms with Crippen molar-refractivity contribution >= 4 is 12.2 Å². The molecule has 1 fully saturated rings. The summed E-state index contributed by atoms with van der Waals surface area (Å²) in [6.45, 7) is 13.0. The van der Waals surface area contributed by atoms with E-state index in [1.807, 2.05) is 42.3 Å². The van der Waals surface area contributed by atoms with Gasteiger partial charge in [0.25, 0.3) is 0 Å². The second-order valence-electron chi connectivity index (χ2n) is 12.2. The van der Waals surface area contributed by atoms with Crippen LogP contribution in [-0.2, 0) is 9.47 Å². The minimum atomic E-state index is -0.386. The molecule has 2 unspecified atom stereocenters. The maximum Gasteiger partial charge on any atom is 0.407 e. The van der Waals surface area contributed by atoms with Gasteiger partial charge >= 0.3 is 12.2 Å². The number of amides is 2. The molecule has 0 aromatic carbocycles. The first-order valence-corrected chi connectivity index (χ1v) is 13.2. The van der Waals surface area contributed by atoms with Gasteiger partial charge in [-0.25, -0.2) is 9.59 Å². The lowest BCUT2D eigenvalue weighted by Crippen LogP contribution is -2.50. The summed E-state index contributed by atoms with van der Waals surface area (Å²) >= 11 is 0. The Morgan fingerprint density at radius 2 is 1.25 bits per heavy atom. The van der Waals surface area contributed by atoms with E-state index in [9.17, 15) is 9.59 Å². The van der Waals surface area contributed by atoms with Gasteiger partial charge in [-0.15, -0.1) is 0 Å². The van der Waals surface area contributed by atoms with Crippen LogP contribution in [0.4, 0.5) is 9.59 Å². The summed E-state index contributed by atoms with van der Waals surface area (Å²) < 4.78 is 10.8. The van der Waals surface area contributed by atoms with Crippen LogP contribution in [0.15, 0.2) is 0 Å². The molecule has 0 radical (unpaired) electrons. The van der Waals surface area contributed by atoms with Gasteiger partial charge in [-0.05, 0) is 72.4 Å². The zero-order valence-electron chi connectivity index (χ0n) is 24.5. The van der Waals surface area contributed by atoms with Crippen LogP contribution in [0, 0.1) is 10.8 Å². The van der Waals surface area contributed by atoms with Crippen LogP contribution in [0.2, 0.25) is 0 Å². The fourth-order valence-corrected chi connectivity index (χ4v) is 4.97. The standard InChI is InChI=1S/C26H54N6O4/c1-25(2)18-22(28-24(34)36-17-15-32(9)13-11-30(6)7)19-26(3,20-25)21-27-23(33)35-16-14-31(8)12-10-29(4)5/h22H,10-21H2,1-9H3,(H,27,33)(H,28,34). The van der Waals surface area contributed by atoms with Crippen molar-refractivity contribution in [2.75, 3.05) is 101 Å². The summed E-state index contributed by atoms with van der Waals surface area (Å²) in [4.78, 5) is 33.3. The van der Waals surface area contributed by atoms with Crippen molar-refractivity contribution in [1.82, 2.24) is 30.2 Å². The number of nitrogens with one attached hydrogen (secondary N) is 2. The van der Waals surface area contributed by atoms with Crippen molar-refractivity contribution in [3.8, 4) is 0 Å². The molecular weight excluding hydrogens is 460 g/mol. The Morgan fingerprint density at radius 1 is 0.750 bits per heavy atom. The molecule has 1 rings (SSSR count). The molecule has 212 valence electrons. The molecule has 0 spiro atoms. The molecular formula is C26H54N6O4. The molecule has 36 heavy (non-hydrogen) atoms. The molecule has 1 saturated carbocycles. The van der Waals surface area contributed by atoms with Crippen LogP contribution in [0.5, 0.6) is 0 Å². The highest BCUT2D eigenvalue weighted by Gasteiger charge is 2.42. The summed E-state index contributed by atoms with van der Waals surface area (Å²) in [5.74, 6) is 0. The number of alkyl carbamates (subject to hydrolysis) is 2. The quantitative estimate of drug-likeness (QED) is 0.343. The second kappa shape index (κ2) is 15.6. The minimum absolute atomic E-state index is 0.000822. The summed E-state index contributed by atoms with van der Waals surface area (Å²) in [5, 5.41) is 6.02. The molecule has 0 aromatic rings. The number of likely N-dealkylation sites (N-methyl/N-ethyl adjacent to an activating group) is 4. The van der Waals surface area contributed by atoms with Crippen molar-refractivity contribution in [3.05, 3.63) is 0 Å². The van der Waals surface area contributed by atoms with Gasteiger partial charge in [0.15, 0.2) is 0 Å². The van der Waals surface area contributed by atoms with Gasteiger partial charge in [-0.1, -0.05) is 20.8 Å². The third-order valence-electron chi connectivity index (χ3n) is 6.70. The predicted molar refractivity (Wildman–Crippen MR) is 145 cm³/mol. The Balaban J connectivity index is 2.42. The van der Waals surface area contributed by atoms with Crippen molar-refractivity contribution < 1.29 is 19.1 Å². The average molecular weight is 515 g/mol. The van der Waals surface area contributed by atoms with Gasteiger partial charge in [0.05, 0.1) is 0 Å². The summed E-state index contributed by atoms with van der Waals surface area (Å²) in [6.07, 6.45) is 1.86. The fraction of sp³-hybridized carbons (Fsp3) is 0.923. The highest BCUT2D eigenvalue weighted by molar-refractivity contribution is 5.68. The first kappa shape index (κ1) is 32.4. The Kier molecular flexibility index (Phi) is 14.0. The smallest absolute Gasteiger partial charge is 0.407 e. The lowest BCUT2D eigenvalue weighted by atomic mass is 9.62. The molecule has 2 N–H and O–H groups in total. The molecule has 0 bridgehead atoms. The van der Waals surface area contributed by atoms with E-state index >= 15 is 0 Å². The number of nitrogens with zero attached hydrogens (tertiary/aromatic N) is 4. The van der Waals surface area contributed by atoms with E-state index in [-0.39, 0.29) is 29.1 Å². The zero-order chi connectivity index (χ0) is 27.4. The van der Waals surface area contributed by atoms with Crippen molar-refractivity contribution in [2.24, 2.45) is 10.8 Å². The van der Waals surface area contributed by atoms with Crippen molar-refractivity contribution in [3.63, 3.8) is 0 Å². The topological polar surface area (TPSA) is 89.6 Å². The minimum Gasteiger partial charge on any atom is -0.448 e. The monoisotopic (exact) mass is 514 g/mol. The Bertz CT molecular complexity index is 660. The van der Waals surface area contributed by atoms with Gasteiger partial charge in [-0.2, -0.15) is 0 Å². The number of hydrogen-bond donors (Lipinski definition) is 2. The molecule has 1 aliphatic rings. The van der Waals surface area contributed by atoms with Crippen LogP contribution in [0.1, 0.15) is 40.0 Å². The van der Waals surface area contributed by atoms with E-state index in [2.05, 4.69) is 51.0 Å². The van der Waals surface area contributed by atoms with E-state index in [0.29, 0.717) is 32.8 Å². The highest BCUT2D eigenvalue weighted by Crippen LogP contribution is 2.45. The molecule has 2 amide bonds. The maximum atomic E-state index is 12.4. The molecule has 10 nitrogen and oxygen atoms in total. The Morgan fingerprint density at radius 3 is 1.75 bits per heavy atom. The van der Waals surface area contributed by atoms with Crippen molar-refractivity contribution in [2.45, 2.75) is 46.1 Å². The SMILES string of the molecule is CN(C)CCN(C)CCOC(=O)NCC1(C)CC(NC(=O)OCCN(C)CCN(C)C)CC(C)(C)C1. The number of carbonyl (C=O) groups is 2. The first-order chi connectivity index (χ1) is 16.7. The van der Waals surface area contributed by atoms with Crippen LogP contribution >= 0.6 is 0 Å². The van der Waals surface area contributed by atoms with Gasteiger partial charge in [0.1, 0.15) is 13.2 Å². The number of ether oxygens (including phenoxy) is 2. The highest BCUT2D eigenvalue weighted by atomic mass is 16.6. The Labute approximate surface area is 220 Å². The van der Waals surface area contributed by atoms with E-state index in [4.69, 9.17) is 9.47 Å². The van der Waals surface area contributed by atoms with Crippen LogP contribution in [0.3, 0.4) is 0 Å². The summed E-state index contributed by atoms with van der Waals surface area (Å²) in [7, 11) is 12.2. The van der Waals surface area contributed by atoms with Gasteiger partial charge < -0.3 is 39.7 Å². The Hall–Kier alpha value is -1.62. The molecule has 1 aliphatic carbocycles. The molecule has 0 heterocycles. The van der Waals surface area contributed by atoms with E-state index < -0.39 is 0 Å². The van der Waals surface area contributed by atoms with Crippen LogP contribution < -0.4 is 10.6 Å². The zero-order valence-corrected chi connectivity index (χ0v) is 24.5. The number of rotatable bonds is 15. The van der Waals surface area contributed by atoms with E-state index in [1.165, 1.54) is 0 Å². The number of hydrogen-bond acceptors (Lipinski definition) is 8. The lowest BCUT2D eigenvalue weighted by molar-refractivity contribution is 0.0607. The van der Waals surface area contributed by atoms with Gasteiger partial charge in [0, 0.05) is 51.9 Å². The van der Waals surface area contributed by atoms with Gasteiger partial charge in [-0.3, -0.25) is 0 Å². The molecule has 0 aromatic heterocycles. The third-order valence-corrected chi connectivity index (χ3v) is 6.70. The summed E-state index contributed by atoms with van der Waals surface area (Å²) in [5.41, 5.74) is -0.105. The van der Waals surface area contributed by atoms with E-state index in [0.717, 1.165) is 45.4 Å². The second-order valence-corrected chi connectivity index (χ2v) is 12.2. The molecule has 2 atom stereocenters. The fourth-order valence-electron chi connectivity index (χ4n) is 4.97. The number of carbonyl (C=O) groups excluding carboxylic acids is 2. The van der Waals surface area contributed by atoms with Crippen LogP contribution in [-0.4, -0.2) is 139 Å². The molecule has 10 heteroatoms.